The van der Waals surface area contributed by atoms with E-state index in [4.69, 9.17) is 0 Å². The van der Waals surface area contributed by atoms with E-state index in [1.54, 1.807) is 18.3 Å². The molecule has 5 rings (SSSR count). The second-order valence-corrected chi connectivity index (χ2v) is 10.6. The summed E-state index contributed by atoms with van der Waals surface area (Å²) in [5.74, 6) is 1.54. The first-order valence-corrected chi connectivity index (χ1v) is 12.0. The first kappa shape index (κ1) is 23.0. The van der Waals surface area contributed by atoms with E-state index in [1.165, 1.54) is 6.42 Å². The van der Waals surface area contributed by atoms with Gasteiger partial charge in [-0.1, -0.05) is 51.1 Å². The molecule has 0 saturated heterocycles. The largest absolute Gasteiger partial charge is 0.387 e. The number of hydrogen-bond acceptors (Lipinski definition) is 5. The van der Waals surface area contributed by atoms with Gasteiger partial charge < -0.3 is 15.7 Å². The van der Waals surface area contributed by atoms with Crippen molar-refractivity contribution < 1.29 is 9.90 Å². The predicted octanol–water partition coefficient (Wildman–Crippen LogP) is 3.34. The summed E-state index contributed by atoms with van der Waals surface area (Å²) in [5, 5.41) is 20.6. The molecule has 1 aromatic heterocycles. The van der Waals surface area contributed by atoms with E-state index in [0.29, 0.717) is 39.4 Å². The smallest absolute Gasteiger partial charge is 0.283 e. The van der Waals surface area contributed by atoms with Crippen LogP contribution in [-0.2, 0) is 11.3 Å². The summed E-state index contributed by atoms with van der Waals surface area (Å²) in [4.78, 5) is 25.1. The molecule has 5 atom stereocenters. The van der Waals surface area contributed by atoms with Crippen LogP contribution < -0.4 is 16.2 Å². The molecule has 32 heavy (non-hydrogen) atoms. The molecule has 0 spiro atoms. The Bertz CT molecular complexity index is 1040. The van der Waals surface area contributed by atoms with Crippen LogP contribution >= 0.6 is 15.9 Å². The molecule has 1 unspecified atom stereocenters. The number of carbonyl (C=O) groups excluding carboxylic acids is 1. The highest BCUT2D eigenvalue weighted by molar-refractivity contribution is 9.10. The standard InChI is InChI=1S/C24H31BrN4O3/c1-14-17-9-16(24(17,2)3)10-18(14)28-19-11-27-29(23(32)22(19)25)13-21(31)26-12-20(30)15-7-5-4-6-8-15/h4-8,11,14,16-18,20,28,30H,9-10,12-13H2,1-3H3,(H,26,31)/t14-,16+,17-,18-,20?/m1/s1. The lowest BCUT2D eigenvalue weighted by Gasteiger charge is -2.62. The van der Waals surface area contributed by atoms with Crippen molar-refractivity contribution in [2.24, 2.45) is 23.2 Å². The minimum atomic E-state index is -0.809. The van der Waals surface area contributed by atoms with E-state index in [1.807, 2.05) is 18.2 Å². The van der Waals surface area contributed by atoms with Gasteiger partial charge in [0.05, 0.1) is 18.0 Å². The molecule has 1 amide bonds. The highest BCUT2D eigenvalue weighted by Crippen LogP contribution is 2.61. The number of halogens is 1. The molecule has 3 saturated carbocycles. The van der Waals surface area contributed by atoms with Crippen LogP contribution in [0.15, 0.2) is 45.8 Å². The molecule has 2 bridgehead atoms. The van der Waals surface area contributed by atoms with Crippen LogP contribution in [0.25, 0.3) is 0 Å². The number of aromatic nitrogens is 2. The van der Waals surface area contributed by atoms with E-state index in [9.17, 15) is 14.7 Å². The molecular formula is C24H31BrN4O3. The van der Waals surface area contributed by atoms with Gasteiger partial charge in [0.1, 0.15) is 11.0 Å². The summed E-state index contributed by atoms with van der Waals surface area (Å²) in [6.07, 6.45) is 3.18. The SMILES string of the molecule is C[C@@H]1[C@H]2C[C@@H](C[C@H]1Nc1cnn(CC(=O)NCC(O)c3ccccc3)c(=O)c1Br)C2(C)C. The Morgan fingerprint density at radius 3 is 2.69 bits per heavy atom. The lowest BCUT2D eigenvalue weighted by Crippen LogP contribution is -2.58. The third-order valence-corrected chi connectivity index (χ3v) is 8.42. The second kappa shape index (κ2) is 8.98. The van der Waals surface area contributed by atoms with Gasteiger partial charge in [-0.05, 0) is 57.5 Å². The van der Waals surface area contributed by atoms with Crippen molar-refractivity contribution in [3.63, 3.8) is 0 Å². The number of aliphatic hydroxyl groups is 1. The number of carbonyl (C=O) groups is 1. The average molecular weight is 503 g/mol. The van der Waals surface area contributed by atoms with Crippen LogP contribution in [0.2, 0.25) is 0 Å². The first-order chi connectivity index (χ1) is 15.2. The summed E-state index contributed by atoms with van der Waals surface area (Å²) >= 11 is 3.40. The van der Waals surface area contributed by atoms with Gasteiger partial charge in [-0.25, -0.2) is 4.68 Å². The molecule has 0 radical (unpaired) electrons. The number of amides is 1. The third kappa shape index (κ3) is 4.35. The van der Waals surface area contributed by atoms with Crippen LogP contribution in [0.4, 0.5) is 5.69 Å². The zero-order chi connectivity index (χ0) is 23.0. The lowest BCUT2D eigenvalue weighted by atomic mass is 9.45. The monoisotopic (exact) mass is 502 g/mol. The van der Waals surface area contributed by atoms with E-state index in [2.05, 4.69) is 52.4 Å². The molecule has 8 heteroatoms. The summed E-state index contributed by atoms with van der Waals surface area (Å²) < 4.78 is 1.51. The van der Waals surface area contributed by atoms with E-state index in [0.717, 1.165) is 16.7 Å². The summed E-state index contributed by atoms with van der Waals surface area (Å²) in [6.45, 7) is 6.87. The van der Waals surface area contributed by atoms with Crippen molar-refractivity contribution in [2.45, 2.75) is 52.3 Å². The molecule has 3 N–H and O–H groups in total. The topological polar surface area (TPSA) is 96.2 Å². The molecule has 2 aromatic rings. The number of aliphatic hydroxyl groups excluding tert-OH is 1. The van der Waals surface area contributed by atoms with Gasteiger partial charge >= 0.3 is 0 Å². The van der Waals surface area contributed by atoms with Crippen LogP contribution in [0.3, 0.4) is 0 Å². The lowest BCUT2D eigenvalue weighted by molar-refractivity contribution is -0.122. The maximum Gasteiger partial charge on any atom is 0.283 e. The van der Waals surface area contributed by atoms with Crippen molar-refractivity contribution in [2.75, 3.05) is 11.9 Å². The third-order valence-electron chi connectivity index (χ3n) is 7.65. The number of nitrogens with zero attached hydrogens (tertiary/aromatic N) is 2. The summed E-state index contributed by atoms with van der Waals surface area (Å²) in [6, 6.07) is 9.42. The van der Waals surface area contributed by atoms with Gasteiger partial charge in [0.2, 0.25) is 5.91 Å². The number of rotatable bonds is 7. The van der Waals surface area contributed by atoms with Crippen LogP contribution in [0.5, 0.6) is 0 Å². The Kier molecular flexibility index (Phi) is 6.45. The Balaban J connectivity index is 1.36. The molecule has 1 heterocycles. The van der Waals surface area contributed by atoms with Crippen molar-refractivity contribution in [1.82, 2.24) is 15.1 Å². The maximum absolute atomic E-state index is 12.8. The van der Waals surface area contributed by atoms with Crippen molar-refractivity contribution in [3.8, 4) is 0 Å². The fraction of sp³-hybridized carbons (Fsp3) is 0.542. The Morgan fingerprint density at radius 1 is 1.31 bits per heavy atom. The quantitative estimate of drug-likeness (QED) is 0.539. The highest BCUT2D eigenvalue weighted by atomic mass is 79.9. The molecule has 7 nitrogen and oxygen atoms in total. The van der Waals surface area contributed by atoms with Crippen molar-refractivity contribution >= 4 is 27.5 Å². The Hall–Kier alpha value is -2.19. The Morgan fingerprint density at radius 2 is 2.03 bits per heavy atom. The number of hydrogen-bond donors (Lipinski definition) is 3. The van der Waals surface area contributed by atoms with Gasteiger partial charge in [0, 0.05) is 12.6 Å². The molecule has 3 aliphatic rings. The van der Waals surface area contributed by atoms with Gasteiger partial charge in [-0.3, -0.25) is 9.59 Å². The molecule has 3 fully saturated rings. The predicted molar refractivity (Wildman–Crippen MR) is 127 cm³/mol. The number of anilines is 1. The summed E-state index contributed by atoms with van der Waals surface area (Å²) in [5.41, 5.74) is 1.43. The second-order valence-electron chi connectivity index (χ2n) is 9.77. The molecule has 172 valence electrons. The van der Waals surface area contributed by atoms with E-state index >= 15 is 0 Å². The van der Waals surface area contributed by atoms with Gasteiger partial charge in [0.15, 0.2) is 0 Å². The van der Waals surface area contributed by atoms with Gasteiger partial charge in [0.25, 0.3) is 5.56 Å². The van der Waals surface area contributed by atoms with Crippen LogP contribution in [0.1, 0.15) is 45.3 Å². The summed E-state index contributed by atoms with van der Waals surface area (Å²) in [7, 11) is 0. The zero-order valence-corrected chi connectivity index (χ0v) is 20.3. The minimum absolute atomic E-state index is 0.0661. The Labute approximate surface area is 196 Å². The van der Waals surface area contributed by atoms with Crippen molar-refractivity contribution in [1.29, 1.82) is 0 Å². The number of benzene rings is 1. The molecular weight excluding hydrogens is 472 g/mol. The zero-order valence-electron chi connectivity index (χ0n) is 18.7. The average Bonchev–Trinajstić information content (AvgIpc) is 2.78. The minimum Gasteiger partial charge on any atom is -0.387 e. The molecule has 3 aliphatic carbocycles. The normalized spacial score (nSPS) is 26.7. The fourth-order valence-electron chi connectivity index (χ4n) is 5.41. The number of nitrogens with one attached hydrogen (secondary N) is 2. The van der Waals surface area contributed by atoms with Gasteiger partial charge in [-0.2, -0.15) is 5.10 Å². The van der Waals surface area contributed by atoms with E-state index < -0.39 is 6.10 Å². The molecule has 0 aliphatic heterocycles. The number of fused-ring (bicyclic) bond motifs is 2. The highest BCUT2D eigenvalue weighted by Gasteiger charge is 2.56. The van der Waals surface area contributed by atoms with Crippen LogP contribution in [0, 0.1) is 23.2 Å². The van der Waals surface area contributed by atoms with E-state index in [-0.39, 0.29) is 24.6 Å². The van der Waals surface area contributed by atoms with Crippen LogP contribution in [-0.4, -0.2) is 33.4 Å². The first-order valence-electron chi connectivity index (χ1n) is 11.2. The van der Waals surface area contributed by atoms with Gasteiger partial charge in [-0.15, -0.1) is 0 Å². The maximum atomic E-state index is 12.8. The fourth-order valence-corrected chi connectivity index (χ4v) is 5.84. The molecule has 1 aromatic carbocycles. The van der Waals surface area contributed by atoms with Crippen molar-refractivity contribution in [3.05, 3.63) is 56.9 Å².